The number of methoxy groups -OCH3 is 1. The predicted molar refractivity (Wildman–Crippen MR) is 55.5 cm³/mol. The summed E-state index contributed by atoms with van der Waals surface area (Å²) in [6.45, 7) is 5.25. The van der Waals surface area contributed by atoms with Gasteiger partial charge in [-0.15, -0.1) is 0 Å². The Morgan fingerprint density at radius 3 is 2.62 bits per heavy atom. The van der Waals surface area contributed by atoms with Crippen LogP contribution < -0.4 is 0 Å². The molecule has 0 fully saturated rings. The summed E-state index contributed by atoms with van der Waals surface area (Å²) in [5.74, 6) is -0.509. The Balaban J connectivity index is 2.81. The minimum atomic E-state index is -1.11. The standard InChI is InChI=1S/C11H16O5/c1-5-15-9(12)8-6-11(3,10(13)14-4)16-7(8)2/h5-6H2,1-4H3. The minimum absolute atomic E-state index is 0.185. The van der Waals surface area contributed by atoms with Crippen LogP contribution in [0.1, 0.15) is 27.2 Å². The number of hydrogen-bond donors (Lipinski definition) is 0. The van der Waals surface area contributed by atoms with Gasteiger partial charge in [0.25, 0.3) is 0 Å². The van der Waals surface area contributed by atoms with E-state index in [0.29, 0.717) is 17.9 Å². The highest BCUT2D eigenvalue weighted by molar-refractivity contribution is 5.92. The van der Waals surface area contributed by atoms with Gasteiger partial charge in [0, 0.05) is 6.42 Å². The van der Waals surface area contributed by atoms with E-state index in [-0.39, 0.29) is 6.42 Å². The molecule has 90 valence electrons. The minimum Gasteiger partial charge on any atom is -0.480 e. The average molecular weight is 228 g/mol. The van der Waals surface area contributed by atoms with Gasteiger partial charge in [0.1, 0.15) is 5.76 Å². The summed E-state index contributed by atoms with van der Waals surface area (Å²) in [5, 5.41) is 0. The Morgan fingerprint density at radius 2 is 2.12 bits per heavy atom. The maximum Gasteiger partial charge on any atom is 0.350 e. The second-order valence-corrected chi connectivity index (χ2v) is 3.76. The summed E-state index contributed by atoms with van der Waals surface area (Å²) in [4.78, 5) is 23.0. The van der Waals surface area contributed by atoms with Gasteiger partial charge < -0.3 is 14.2 Å². The molecule has 0 N–H and O–H groups in total. The molecule has 0 aromatic carbocycles. The fraction of sp³-hybridized carbons (Fsp3) is 0.636. The lowest BCUT2D eigenvalue weighted by atomic mass is 9.99. The Morgan fingerprint density at radius 1 is 1.50 bits per heavy atom. The van der Waals surface area contributed by atoms with Gasteiger partial charge in [-0.2, -0.15) is 0 Å². The summed E-state index contributed by atoms with van der Waals surface area (Å²) in [6, 6.07) is 0. The Hall–Kier alpha value is -1.52. The van der Waals surface area contributed by atoms with Crippen LogP contribution in [-0.2, 0) is 23.8 Å². The van der Waals surface area contributed by atoms with Crippen molar-refractivity contribution in [3.05, 3.63) is 11.3 Å². The zero-order valence-electron chi connectivity index (χ0n) is 9.96. The molecular weight excluding hydrogens is 212 g/mol. The molecule has 0 spiro atoms. The molecule has 1 rings (SSSR count). The monoisotopic (exact) mass is 228 g/mol. The van der Waals surface area contributed by atoms with Gasteiger partial charge in [-0.25, -0.2) is 9.59 Å². The lowest BCUT2D eigenvalue weighted by Crippen LogP contribution is -2.36. The first-order valence-electron chi connectivity index (χ1n) is 5.09. The van der Waals surface area contributed by atoms with E-state index >= 15 is 0 Å². The topological polar surface area (TPSA) is 61.8 Å². The molecule has 1 aliphatic heterocycles. The molecule has 1 aliphatic rings. The number of ether oxygens (including phenoxy) is 3. The molecule has 0 bridgehead atoms. The van der Waals surface area contributed by atoms with E-state index in [4.69, 9.17) is 9.47 Å². The van der Waals surface area contributed by atoms with Crippen LogP contribution in [0.4, 0.5) is 0 Å². The van der Waals surface area contributed by atoms with Crippen molar-refractivity contribution in [1.82, 2.24) is 0 Å². The second-order valence-electron chi connectivity index (χ2n) is 3.76. The van der Waals surface area contributed by atoms with Crippen molar-refractivity contribution in [3.63, 3.8) is 0 Å². The van der Waals surface area contributed by atoms with Crippen LogP contribution in [0.5, 0.6) is 0 Å². The van der Waals surface area contributed by atoms with Gasteiger partial charge >= 0.3 is 11.9 Å². The summed E-state index contributed by atoms with van der Waals surface area (Å²) >= 11 is 0. The van der Waals surface area contributed by atoms with Gasteiger partial charge in [0.2, 0.25) is 5.60 Å². The number of carbonyl (C=O) groups is 2. The van der Waals surface area contributed by atoms with E-state index in [1.807, 2.05) is 0 Å². The van der Waals surface area contributed by atoms with Crippen LogP contribution in [0.15, 0.2) is 11.3 Å². The van der Waals surface area contributed by atoms with Crippen molar-refractivity contribution in [2.24, 2.45) is 0 Å². The van der Waals surface area contributed by atoms with Gasteiger partial charge in [-0.1, -0.05) is 0 Å². The van der Waals surface area contributed by atoms with Gasteiger partial charge in [-0.05, 0) is 20.8 Å². The highest BCUT2D eigenvalue weighted by atomic mass is 16.6. The molecular formula is C11H16O5. The molecule has 0 aromatic heterocycles. The molecule has 5 heteroatoms. The third-order valence-corrected chi connectivity index (χ3v) is 2.46. The van der Waals surface area contributed by atoms with Crippen molar-refractivity contribution in [1.29, 1.82) is 0 Å². The van der Waals surface area contributed by atoms with Gasteiger partial charge in [0.15, 0.2) is 0 Å². The lowest BCUT2D eigenvalue weighted by molar-refractivity contribution is -0.160. The van der Waals surface area contributed by atoms with E-state index in [1.54, 1.807) is 20.8 Å². The SMILES string of the molecule is CCOC(=O)C1=C(C)OC(C)(C(=O)OC)C1. The molecule has 0 aliphatic carbocycles. The van der Waals surface area contributed by atoms with Crippen LogP contribution in [-0.4, -0.2) is 31.3 Å². The van der Waals surface area contributed by atoms with Crippen LogP contribution in [0.3, 0.4) is 0 Å². The smallest absolute Gasteiger partial charge is 0.350 e. The van der Waals surface area contributed by atoms with E-state index in [2.05, 4.69) is 4.74 Å². The fourth-order valence-corrected chi connectivity index (χ4v) is 1.66. The second kappa shape index (κ2) is 4.55. The summed E-state index contributed by atoms with van der Waals surface area (Å²) in [7, 11) is 1.29. The number of carbonyl (C=O) groups excluding carboxylic acids is 2. The molecule has 0 radical (unpaired) electrons. The van der Waals surface area contributed by atoms with E-state index in [0.717, 1.165) is 0 Å². The third-order valence-electron chi connectivity index (χ3n) is 2.46. The highest BCUT2D eigenvalue weighted by Gasteiger charge is 2.45. The van der Waals surface area contributed by atoms with Crippen molar-refractivity contribution in [3.8, 4) is 0 Å². The molecule has 0 saturated heterocycles. The normalized spacial score (nSPS) is 24.0. The summed E-state index contributed by atoms with van der Waals surface area (Å²) < 4.78 is 14.9. The number of rotatable bonds is 3. The Bertz CT molecular complexity index is 344. The molecule has 0 amide bonds. The third kappa shape index (κ3) is 2.18. The van der Waals surface area contributed by atoms with Crippen LogP contribution in [0.2, 0.25) is 0 Å². The Labute approximate surface area is 94.4 Å². The van der Waals surface area contributed by atoms with Crippen molar-refractivity contribution in [2.75, 3.05) is 13.7 Å². The molecule has 16 heavy (non-hydrogen) atoms. The fourth-order valence-electron chi connectivity index (χ4n) is 1.66. The maximum absolute atomic E-state index is 11.5. The quantitative estimate of drug-likeness (QED) is 0.679. The van der Waals surface area contributed by atoms with Gasteiger partial charge in [-0.3, -0.25) is 0 Å². The first kappa shape index (κ1) is 12.5. The van der Waals surface area contributed by atoms with Crippen LogP contribution >= 0.6 is 0 Å². The zero-order chi connectivity index (χ0) is 12.3. The first-order valence-corrected chi connectivity index (χ1v) is 5.09. The zero-order valence-corrected chi connectivity index (χ0v) is 9.96. The predicted octanol–water partition coefficient (Wildman–Crippen LogP) is 1.18. The highest BCUT2D eigenvalue weighted by Crippen LogP contribution is 2.35. The van der Waals surface area contributed by atoms with Crippen LogP contribution in [0.25, 0.3) is 0 Å². The van der Waals surface area contributed by atoms with Crippen molar-refractivity contribution >= 4 is 11.9 Å². The number of allylic oxidation sites excluding steroid dienone is 1. The first-order chi connectivity index (χ1) is 7.44. The maximum atomic E-state index is 11.5. The molecule has 1 heterocycles. The molecule has 5 nitrogen and oxygen atoms in total. The van der Waals surface area contributed by atoms with Crippen LogP contribution in [0, 0.1) is 0 Å². The Kier molecular flexibility index (Phi) is 3.57. The van der Waals surface area contributed by atoms with Gasteiger partial charge in [0.05, 0.1) is 19.3 Å². The number of hydrogen-bond acceptors (Lipinski definition) is 5. The largest absolute Gasteiger partial charge is 0.480 e. The van der Waals surface area contributed by atoms with E-state index < -0.39 is 17.5 Å². The molecule has 1 atom stereocenters. The average Bonchev–Trinajstić information content (AvgIpc) is 2.55. The molecule has 0 aromatic rings. The van der Waals surface area contributed by atoms with Crippen molar-refractivity contribution in [2.45, 2.75) is 32.8 Å². The van der Waals surface area contributed by atoms with E-state index in [9.17, 15) is 9.59 Å². The summed E-state index contributed by atoms with van der Waals surface area (Å²) in [6.07, 6.45) is 0.185. The number of esters is 2. The molecule has 1 unspecified atom stereocenters. The van der Waals surface area contributed by atoms with Crippen molar-refractivity contribution < 1.29 is 23.8 Å². The summed E-state index contributed by atoms with van der Waals surface area (Å²) in [5.41, 5.74) is -0.712. The molecule has 0 saturated carbocycles. The van der Waals surface area contributed by atoms with E-state index in [1.165, 1.54) is 7.11 Å². The lowest BCUT2D eigenvalue weighted by Gasteiger charge is -2.21.